The van der Waals surface area contributed by atoms with E-state index in [0.29, 0.717) is 6.04 Å². The summed E-state index contributed by atoms with van der Waals surface area (Å²) in [5, 5.41) is 7.31. The van der Waals surface area contributed by atoms with Gasteiger partial charge in [0.05, 0.1) is 11.8 Å². The Hall–Kier alpha value is -1.07. The zero-order valence-electron chi connectivity index (χ0n) is 10.4. The number of carbonyl (C=O) groups excluding carboxylic acids is 1. The topological polar surface area (TPSA) is 50.2 Å². The number of rotatable bonds is 2. The Kier molecular flexibility index (Phi) is 4.54. The van der Waals surface area contributed by atoms with Gasteiger partial charge in [-0.05, 0) is 20.4 Å². The number of halogens is 1. The Bertz CT molecular complexity index is 404. The zero-order valence-corrected chi connectivity index (χ0v) is 11.3. The standard InChI is InChI=1S/C11H18N4O.ClH/c1-8-10(6-13-14(8)3)11(16)15-5-4-9(7-15)12-2;/h6,9,12H,4-5,7H2,1-3H3;1H. The first kappa shape index (κ1) is 14.0. The van der Waals surface area contributed by atoms with Crippen LogP contribution >= 0.6 is 12.4 Å². The van der Waals surface area contributed by atoms with Crippen molar-refractivity contribution >= 4 is 18.3 Å². The maximum Gasteiger partial charge on any atom is 0.257 e. The second-order valence-electron chi connectivity index (χ2n) is 4.29. The van der Waals surface area contributed by atoms with E-state index in [2.05, 4.69) is 10.4 Å². The minimum Gasteiger partial charge on any atom is -0.337 e. The van der Waals surface area contributed by atoms with Gasteiger partial charge in [-0.2, -0.15) is 5.10 Å². The molecule has 96 valence electrons. The molecule has 1 aliphatic heterocycles. The predicted octanol–water partition coefficient (Wildman–Crippen LogP) is 0.584. The van der Waals surface area contributed by atoms with Gasteiger partial charge in [-0.25, -0.2) is 0 Å². The lowest BCUT2D eigenvalue weighted by Gasteiger charge is -2.15. The number of likely N-dealkylation sites (N-methyl/N-ethyl adjacent to an activating group) is 1. The van der Waals surface area contributed by atoms with E-state index >= 15 is 0 Å². The molecule has 1 unspecified atom stereocenters. The summed E-state index contributed by atoms with van der Waals surface area (Å²) in [4.78, 5) is 14.1. The average molecular weight is 259 g/mol. The second kappa shape index (κ2) is 5.51. The van der Waals surface area contributed by atoms with E-state index in [0.717, 1.165) is 30.8 Å². The van der Waals surface area contributed by atoms with Crippen LogP contribution in [-0.4, -0.2) is 46.8 Å². The summed E-state index contributed by atoms with van der Waals surface area (Å²) >= 11 is 0. The summed E-state index contributed by atoms with van der Waals surface area (Å²) in [7, 11) is 3.79. The van der Waals surface area contributed by atoms with Gasteiger partial charge in [0.25, 0.3) is 5.91 Å². The maximum atomic E-state index is 12.2. The molecule has 1 fully saturated rings. The summed E-state index contributed by atoms with van der Waals surface area (Å²) in [5.41, 5.74) is 1.65. The molecule has 1 amide bonds. The Labute approximate surface area is 108 Å². The molecule has 0 aromatic carbocycles. The Morgan fingerprint density at radius 2 is 2.29 bits per heavy atom. The van der Waals surface area contributed by atoms with Gasteiger partial charge >= 0.3 is 0 Å². The molecule has 1 N–H and O–H groups in total. The maximum absolute atomic E-state index is 12.2. The second-order valence-corrected chi connectivity index (χ2v) is 4.29. The third kappa shape index (κ3) is 2.61. The molecule has 1 aromatic heterocycles. The van der Waals surface area contributed by atoms with E-state index < -0.39 is 0 Å². The van der Waals surface area contributed by atoms with Gasteiger partial charge in [-0.15, -0.1) is 12.4 Å². The van der Waals surface area contributed by atoms with E-state index in [1.54, 1.807) is 10.9 Å². The van der Waals surface area contributed by atoms with Crippen molar-refractivity contribution in [1.29, 1.82) is 0 Å². The highest BCUT2D eigenvalue weighted by Crippen LogP contribution is 2.15. The van der Waals surface area contributed by atoms with Crippen molar-refractivity contribution in [3.8, 4) is 0 Å². The Morgan fingerprint density at radius 1 is 1.59 bits per heavy atom. The third-order valence-electron chi connectivity index (χ3n) is 3.35. The lowest BCUT2D eigenvalue weighted by molar-refractivity contribution is 0.0789. The number of nitrogens with zero attached hydrogens (tertiary/aromatic N) is 3. The molecule has 0 bridgehead atoms. The van der Waals surface area contributed by atoms with E-state index in [-0.39, 0.29) is 18.3 Å². The highest BCUT2D eigenvalue weighted by atomic mass is 35.5. The van der Waals surface area contributed by atoms with Crippen LogP contribution in [0.1, 0.15) is 22.5 Å². The largest absolute Gasteiger partial charge is 0.337 e. The number of aryl methyl sites for hydroxylation is 1. The van der Waals surface area contributed by atoms with Gasteiger partial charge in [0.1, 0.15) is 0 Å². The van der Waals surface area contributed by atoms with Crippen LogP contribution in [0.25, 0.3) is 0 Å². The van der Waals surface area contributed by atoms with Crippen LogP contribution in [0.3, 0.4) is 0 Å². The van der Waals surface area contributed by atoms with Crippen molar-refractivity contribution in [3.63, 3.8) is 0 Å². The SMILES string of the molecule is CNC1CCN(C(=O)c2cnn(C)c2C)C1.Cl. The first-order valence-electron chi connectivity index (χ1n) is 5.58. The van der Waals surface area contributed by atoms with E-state index in [1.165, 1.54) is 0 Å². The number of aromatic nitrogens is 2. The van der Waals surface area contributed by atoms with Gasteiger partial charge in [0, 0.05) is 31.9 Å². The fourth-order valence-electron chi connectivity index (χ4n) is 2.06. The van der Waals surface area contributed by atoms with Crippen molar-refractivity contribution in [2.24, 2.45) is 7.05 Å². The van der Waals surface area contributed by atoms with Crippen LogP contribution < -0.4 is 5.32 Å². The molecule has 1 aromatic rings. The number of hydrogen-bond donors (Lipinski definition) is 1. The van der Waals surface area contributed by atoms with Crippen molar-refractivity contribution in [3.05, 3.63) is 17.5 Å². The number of amides is 1. The molecule has 0 radical (unpaired) electrons. The van der Waals surface area contributed by atoms with Crippen LogP contribution in [0.5, 0.6) is 0 Å². The van der Waals surface area contributed by atoms with Gasteiger partial charge in [0.2, 0.25) is 0 Å². The van der Waals surface area contributed by atoms with E-state index in [4.69, 9.17) is 0 Å². The Balaban J connectivity index is 0.00000144. The molecule has 6 heteroatoms. The molecule has 17 heavy (non-hydrogen) atoms. The van der Waals surface area contributed by atoms with E-state index in [9.17, 15) is 4.79 Å². The molecule has 0 spiro atoms. The summed E-state index contributed by atoms with van der Waals surface area (Å²) in [6.45, 7) is 3.55. The molecule has 1 saturated heterocycles. The highest BCUT2D eigenvalue weighted by molar-refractivity contribution is 5.95. The van der Waals surface area contributed by atoms with Gasteiger partial charge < -0.3 is 10.2 Å². The summed E-state index contributed by atoms with van der Waals surface area (Å²) in [6.07, 6.45) is 2.69. The number of carbonyl (C=O) groups is 1. The first-order valence-corrected chi connectivity index (χ1v) is 5.58. The first-order chi connectivity index (χ1) is 7.63. The van der Waals surface area contributed by atoms with Crippen LogP contribution in [-0.2, 0) is 7.05 Å². The monoisotopic (exact) mass is 258 g/mol. The van der Waals surface area contributed by atoms with Crippen LogP contribution in [0.2, 0.25) is 0 Å². The third-order valence-corrected chi connectivity index (χ3v) is 3.35. The molecule has 1 atom stereocenters. The van der Waals surface area contributed by atoms with E-state index in [1.807, 2.05) is 25.9 Å². The van der Waals surface area contributed by atoms with Crippen molar-refractivity contribution in [1.82, 2.24) is 20.0 Å². The van der Waals surface area contributed by atoms with Crippen molar-refractivity contribution < 1.29 is 4.79 Å². The summed E-state index contributed by atoms with van der Waals surface area (Å²) < 4.78 is 1.73. The van der Waals surface area contributed by atoms with Crippen LogP contribution in [0.15, 0.2) is 6.20 Å². The predicted molar refractivity (Wildman–Crippen MR) is 68.6 cm³/mol. The fraction of sp³-hybridized carbons (Fsp3) is 0.636. The number of hydrogen-bond acceptors (Lipinski definition) is 3. The molecule has 5 nitrogen and oxygen atoms in total. The molecular weight excluding hydrogens is 240 g/mol. The average Bonchev–Trinajstić information content (AvgIpc) is 2.87. The molecule has 2 heterocycles. The van der Waals surface area contributed by atoms with Gasteiger partial charge in [0.15, 0.2) is 0 Å². The molecule has 2 rings (SSSR count). The summed E-state index contributed by atoms with van der Waals surface area (Å²) in [5.74, 6) is 0.100. The minimum absolute atomic E-state index is 0. The molecular formula is C11H19ClN4O. The van der Waals surface area contributed by atoms with Gasteiger partial charge in [-0.3, -0.25) is 9.48 Å². The zero-order chi connectivity index (χ0) is 11.7. The molecule has 1 aliphatic rings. The minimum atomic E-state index is 0. The van der Waals surface area contributed by atoms with Crippen molar-refractivity contribution in [2.75, 3.05) is 20.1 Å². The van der Waals surface area contributed by atoms with Crippen LogP contribution in [0.4, 0.5) is 0 Å². The van der Waals surface area contributed by atoms with Crippen molar-refractivity contribution in [2.45, 2.75) is 19.4 Å². The Morgan fingerprint density at radius 3 is 2.76 bits per heavy atom. The number of nitrogens with one attached hydrogen (secondary N) is 1. The smallest absolute Gasteiger partial charge is 0.257 e. The number of likely N-dealkylation sites (tertiary alicyclic amines) is 1. The molecule has 0 saturated carbocycles. The summed E-state index contributed by atoms with van der Waals surface area (Å²) in [6, 6.07) is 0.431. The van der Waals surface area contributed by atoms with Gasteiger partial charge in [-0.1, -0.05) is 0 Å². The fourth-order valence-corrected chi connectivity index (χ4v) is 2.06. The highest BCUT2D eigenvalue weighted by Gasteiger charge is 2.27. The lowest BCUT2D eigenvalue weighted by Crippen LogP contribution is -2.33. The normalized spacial score (nSPS) is 19.2. The quantitative estimate of drug-likeness (QED) is 0.845. The lowest BCUT2D eigenvalue weighted by atomic mass is 10.2. The molecule has 0 aliphatic carbocycles. The van der Waals surface area contributed by atoms with Crippen LogP contribution in [0, 0.1) is 6.92 Å².